The second-order valence-electron chi connectivity index (χ2n) is 4.37. The number of carbonyl (C=O) groups excluding carboxylic acids is 1. The van der Waals surface area contributed by atoms with Gasteiger partial charge in [0.1, 0.15) is 5.82 Å². The first-order valence-electron chi connectivity index (χ1n) is 5.94. The van der Waals surface area contributed by atoms with Crippen LogP contribution in [-0.2, 0) is 4.74 Å². The summed E-state index contributed by atoms with van der Waals surface area (Å²) in [6, 6.07) is 4.00. The Bertz CT molecular complexity index is 471. The second-order valence-corrected chi connectivity index (χ2v) is 5.23. The largest absolute Gasteiger partial charge is 0.462 e. The average molecular weight is 313 g/mol. The van der Waals surface area contributed by atoms with E-state index in [0.717, 1.165) is 19.3 Å². The van der Waals surface area contributed by atoms with Gasteiger partial charge in [0.25, 0.3) is 0 Å². The minimum Gasteiger partial charge on any atom is -0.462 e. The Labute approximate surface area is 114 Å². The summed E-state index contributed by atoms with van der Waals surface area (Å²) in [5.41, 5.74) is 0.237. The minimum absolute atomic E-state index is 0.237. The van der Waals surface area contributed by atoms with E-state index in [9.17, 15) is 9.18 Å². The van der Waals surface area contributed by atoms with E-state index in [0.29, 0.717) is 17.0 Å². The Hall–Kier alpha value is -1.16. The number of carbonyl (C=O) groups is 1. The van der Waals surface area contributed by atoms with Crippen molar-refractivity contribution in [1.29, 1.82) is 0 Å². The lowest BCUT2D eigenvalue weighted by atomic mass is 9.95. The van der Waals surface area contributed by atoms with Crippen LogP contribution < -0.4 is 0 Å². The number of hydrogen-bond donors (Lipinski definition) is 0. The predicted molar refractivity (Wildman–Crippen MR) is 70.9 cm³/mol. The third kappa shape index (κ3) is 3.42. The monoisotopic (exact) mass is 312 g/mol. The van der Waals surface area contributed by atoms with Gasteiger partial charge >= 0.3 is 5.97 Å². The standard InChI is InChI=1S/C14H14BrFO2/c15-13-7-6-11(16)8-12(13)14(17)18-9-10-4-2-1-3-5-10/h1-2,6-8,10H,3-5,9H2. The summed E-state index contributed by atoms with van der Waals surface area (Å²) in [5, 5.41) is 0. The molecular weight excluding hydrogens is 299 g/mol. The molecule has 1 aliphatic carbocycles. The fourth-order valence-corrected chi connectivity index (χ4v) is 2.34. The predicted octanol–water partition coefficient (Wildman–Crippen LogP) is 4.10. The average Bonchev–Trinajstić information content (AvgIpc) is 2.40. The van der Waals surface area contributed by atoms with Crippen molar-refractivity contribution in [1.82, 2.24) is 0 Å². The van der Waals surface area contributed by atoms with Crippen LogP contribution in [0.15, 0.2) is 34.8 Å². The van der Waals surface area contributed by atoms with E-state index in [1.54, 1.807) is 0 Å². The lowest BCUT2D eigenvalue weighted by molar-refractivity contribution is 0.0430. The molecule has 0 aliphatic heterocycles. The first-order chi connectivity index (χ1) is 8.66. The van der Waals surface area contributed by atoms with Gasteiger partial charge in [-0.2, -0.15) is 0 Å². The molecule has 0 aromatic heterocycles. The van der Waals surface area contributed by atoms with Crippen LogP contribution in [0, 0.1) is 11.7 Å². The first-order valence-corrected chi connectivity index (χ1v) is 6.73. The maximum absolute atomic E-state index is 13.1. The fourth-order valence-electron chi connectivity index (χ4n) is 1.93. The summed E-state index contributed by atoms with van der Waals surface area (Å²) < 4.78 is 18.9. The molecule has 4 heteroatoms. The van der Waals surface area contributed by atoms with Gasteiger partial charge in [-0.3, -0.25) is 0 Å². The summed E-state index contributed by atoms with van der Waals surface area (Å²) in [5.74, 6) is -0.534. The van der Waals surface area contributed by atoms with Crippen LogP contribution in [0.5, 0.6) is 0 Å². The lowest BCUT2D eigenvalue weighted by Gasteiger charge is -2.17. The maximum Gasteiger partial charge on any atom is 0.339 e. The Kier molecular flexibility index (Phi) is 4.53. The van der Waals surface area contributed by atoms with Gasteiger partial charge in [0.15, 0.2) is 0 Å². The summed E-state index contributed by atoms with van der Waals surface area (Å²) in [6.45, 7) is 0.395. The zero-order chi connectivity index (χ0) is 13.0. The molecule has 0 heterocycles. The summed E-state index contributed by atoms with van der Waals surface area (Å²) >= 11 is 3.22. The van der Waals surface area contributed by atoms with Gasteiger partial charge in [0, 0.05) is 4.47 Å². The maximum atomic E-state index is 13.1. The van der Waals surface area contributed by atoms with Crippen LogP contribution >= 0.6 is 15.9 Å². The second kappa shape index (κ2) is 6.14. The molecule has 0 bridgehead atoms. The van der Waals surface area contributed by atoms with E-state index in [4.69, 9.17) is 4.74 Å². The van der Waals surface area contributed by atoms with Gasteiger partial charge in [0.2, 0.25) is 0 Å². The molecule has 2 nitrogen and oxygen atoms in total. The molecule has 0 amide bonds. The molecule has 1 aromatic rings. The normalized spacial score (nSPS) is 18.7. The Balaban J connectivity index is 1.95. The highest BCUT2D eigenvalue weighted by atomic mass is 79.9. The van der Waals surface area contributed by atoms with E-state index in [-0.39, 0.29) is 5.56 Å². The number of esters is 1. The zero-order valence-corrected chi connectivity index (χ0v) is 11.5. The SMILES string of the molecule is O=C(OCC1CC=CCC1)c1cc(F)ccc1Br. The molecule has 0 N–H and O–H groups in total. The molecule has 1 atom stereocenters. The molecule has 1 unspecified atom stereocenters. The van der Waals surface area contributed by atoms with E-state index >= 15 is 0 Å². The number of benzene rings is 1. The van der Waals surface area contributed by atoms with Crippen molar-refractivity contribution in [3.8, 4) is 0 Å². The first kappa shape index (κ1) is 13.3. The van der Waals surface area contributed by atoms with Gasteiger partial charge in [-0.05, 0) is 59.3 Å². The molecule has 0 radical (unpaired) electrons. The Morgan fingerprint density at radius 1 is 1.44 bits per heavy atom. The molecular formula is C14H14BrFO2. The molecule has 0 saturated heterocycles. The van der Waals surface area contributed by atoms with E-state index in [1.807, 2.05) is 0 Å². The van der Waals surface area contributed by atoms with Crippen molar-refractivity contribution in [2.75, 3.05) is 6.61 Å². The van der Waals surface area contributed by atoms with Crippen LogP contribution in [-0.4, -0.2) is 12.6 Å². The van der Waals surface area contributed by atoms with E-state index in [2.05, 4.69) is 28.1 Å². The van der Waals surface area contributed by atoms with Crippen molar-refractivity contribution >= 4 is 21.9 Å². The smallest absolute Gasteiger partial charge is 0.339 e. The van der Waals surface area contributed by atoms with Gasteiger partial charge < -0.3 is 4.74 Å². The number of allylic oxidation sites excluding steroid dienone is 2. The molecule has 1 aliphatic rings. The highest BCUT2D eigenvalue weighted by molar-refractivity contribution is 9.10. The molecule has 0 fully saturated rings. The Morgan fingerprint density at radius 2 is 2.28 bits per heavy atom. The van der Waals surface area contributed by atoms with Gasteiger partial charge in [-0.15, -0.1) is 0 Å². The zero-order valence-electron chi connectivity index (χ0n) is 9.86. The summed E-state index contributed by atoms with van der Waals surface area (Å²) in [4.78, 5) is 11.8. The highest BCUT2D eigenvalue weighted by Crippen LogP contribution is 2.21. The lowest BCUT2D eigenvalue weighted by Crippen LogP contribution is -2.15. The molecule has 96 valence electrons. The fraction of sp³-hybridized carbons (Fsp3) is 0.357. The summed E-state index contributed by atoms with van der Waals surface area (Å²) in [6.07, 6.45) is 7.26. The van der Waals surface area contributed by atoms with Gasteiger partial charge in [0.05, 0.1) is 12.2 Å². The minimum atomic E-state index is -0.476. The number of halogens is 2. The van der Waals surface area contributed by atoms with Gasteiger partial charge in [-0.25, -0.2) is 9.18 Å². The quantitative estimate of drug-likeness (QED) is 0.620. The van der Waals surface area contributed by atoms with Crippen molar-refractivity contribution in [2.45, 2.75) is 19.3 Å². The van der Waals surface area contributed by atoms with Gasteiger partial charge in [-0.1, -0.05) is 12.2 Å². The van der Waals surface area contributed by atoms with Crippen LogP contribution in [0.2, 0.25) is 0 Å². The van der Waals surface area contributed by atoms with Crippen molar-refractivity contribution in [2.24, 2.45) is 5.92 Å². The number of hydrogen-bond acceptors (Lipinski definition) is 2. The van der Waals surface area contributed by atoms with Crippen molar-refractivity contribution in [3.05, 3.63) is 46.2 Å². The molecule has 1 aromatic carbocycles. The van der Waals surface area contributed by atoms with E-state index < -0.39 is 11.8 Å². The Morgan fingerprint density at radius 3 is 3.00 bits per heavy atom. The molecule has 0 spiro atoms. The molecule has 0 saturated carbocycles. The highest BCUT2D eigenvalue weighted by Gasteiger charge is 2.16. The van der Waals surface area contributed by atoms with Crippen LogP contribution in [0.3, 0.4) is 0 Å². The van der Waals surface area contributed by atoms with Crippen LogP contribution in [0.4, 0.5) is 4.39 Å². The topological polar surface area (TPSA) is 26.3 Å². The summed E-state index contributed by atoms with van der Waals surface area (Å²) in [7, 11) is 0. The van der Waals surface area contributed by atoms with Crippen molar-refractivity contribution < 1.29 is 13.9 Å². The molecule has 2 rings (SSSR count). The van der Waals surface area contributed by atoms with E-state index in [1.165, 1.54) is 18.2 Å². The van der Waals surface area contributed by atoms with Crippen LogP contribution in [0.25, 0.3) is 0 Å². The number of ether oxygens (including phenoxy) is 1. The van der Waals surface area contributed by atoms with Crippen molar-refractivity contribution in [3.63, 3.8) is 0 Å². The third-order valence-corrected chi connectivity index (χ3v) is 3.67. The third-order valence-electron chi connectivity index (χ3n) is 2.98. The number of rotatable bonds is 3. The van der Waals surface area contributed by atoms with Crippen LogP contribution in [0.1, 0.15) is 29.6 Å². The molecule has 18 heavy (non-hydrogen) atoms.